The van der Waals surface area contributed by atoms with Crippen LogP contribution in [0, 0.1) is 0 Å². The van der Waals surface area contributed by atoms with Crippen LogP contribution >= 0.6 is 11.8 Å². The number of nitrogens with two attached hydrogens (primary N) is 4. The third-order valence-electron chi connectivity index (χ3n) is 3.84. The first kappa shape index (κ1) is 26.5. The summed E-state index contributed by atoms with van der Waals surface area (Å²) in [4.78, 5) is 50.9. The van der Waals surface area contributed by atoms with Gasteiger partial charge in [0.15, 0.2) is 5.96 Å². The van der Waals surface area contributed by atoms with E-state index in [9.17, 15) is 24.3 Å². The summed E-state index contributed by atoms with van der Waals surface area (Å²) in [7, 11) is 0. The van der Waals surface area contributed by atoms with Gasteiger partial charge in [-0.25, -0.2) is 4.79 Å². The lowest BCUT2D eigenvalue weighted by molar-refractivity contribution is -0.142. The van der Waals surface area contributed by atoms with Crippen LogP contribution in [-0.2, 0) is 19.2 Å². The van der Waals surface area contributed by atoms with Gasteiger partial charge in [0.25, 0.3) is 0 Å². The molecule has 12 nitrogen and oxygen atoms in total. The van der Waals surface area contributed by atoms with Gasteiger partial charge >= 0.3 is 5.97 Å². The Morgan fingerprint density at radius 2 is 1.62 bits per heavy atom. The molecule has 0 radical (unpaired) electrons. The highest BCUT2D eigenvalue weighted by atomic mass is 32.2. The third-order valence-corrected chi connectivity index (χ3v) is 4.49. The normalized spacial score (nSPS) is 13.6. The number of hydrogen-bond acceptors (Lipinski definition) is 7. The maximum absolute atomic E-state index is 12.6. The van der Waals surface area contributed by atoms with E-state index in [1.807, 2.05) is 6.26 Å². The van der Waals surface area contributed by atoms with Crippen molar-refractivity contribution in [2.75, 3.05) is 18.6 Å². The van der Waals surface area contributed by atoms with E-state index in [-0.39, 0.29) is 31.8 Å². The number of hydrogen-bond donors (Lipinski definition) is 7. The van der Waals surface area contributed by atoms with Crippen LogP contribution in [0.15, 0.2) is 4.99 Å². The van der Waals surface area contributed by atoms with Crippen molar-refractivity contribution in [1.82, 2.24) is 10.6 Å². The number of aliphatic imine (C=N–C) groups is 1. The van der Waals surface area contributed by atoms with Gasteiger partial charge < -0.3 is 38.7 Å². The molecule has 0 aromatic carbocycles. The summed E-state index contributed by atoms with van der Waals surface area (Å²) in [6.07, 6.45) is 2.44. The Labute approximate surface area is 173 Å². The zero-order valence-electron chi connectivity index (χ0n) is 16.4. The number of rotatable bonds is 15. The fourth-order valence-electron chi connectivity index (χ4n) is 2.24. The summed E-state index contributed by atoms with van der Waals surface area (Å²) < 4.78 is 0. The summed E-state index contributed by atoms with van der Waals surface area (Å²) in [5.74, 6) is -2.67. The summed E-state index contributed by atoms with van der Waals surface area (Å²) >= 11 is 1.53. The van der Waals surface area contributed by atoms with Crippen LogP contribution in [0.25, 0.3) is 0 Å². The second kappa shape index (κ2) is 14.5. The number of carbonyl (C=O) groups excluding carboxylic acids is 3. The molecule has 29 heavy (non-hydrogen) atoms. The average Bonchev–Trinajstić information content (AvgIpc) is 2.64. The monoisotopic (exact) mass is 433 g/mol. The van der Waals surface area contributed by atoms with Crippen molar-refractivity contribution in [3.8, 4) is 0 Å². The molecule has 13 heteroatoms. The number of guanidine groups is 1. The van der Waals surface area contributed by atoms with Gasteiger partial charge in [0.1, 0.15) is 12.1 Å². The zero-order valence-corrected chi connectivity index (χ0v) is 17.2. The van der Waals surface area contributed by atoms with Crippen molar-refractivity contribution in [3.05, 3.63) is 0 Å². The molecular weight excluding hydrogens is 402 g/mol. The van der Waals surface area contributed by atoms with Crippen molar-refractivity contribution < 1.29 is 24.3 Å². The lowest BCUT2D eigenvalue weighted by atomic mass is 10.1. The molecule has 0 saturated heterocycles. The van der Waals surface area contributed by atoms with Gasteiger partial charge in [-0.2, -0.15) is 11.8 Å². The summed E-state index contributed by atoms with van der Waals surface area (Å²) in [5, 5.41) is 14.1. The van der Waals surface area contributed by atoms with Crippen LogP contribution < -0.4 is 33.6 Å². The number of primary amides is 1. The topological polar surface area (TPSA) is 229 Å². The SMILES string of the molecule is CSCC[C@H](N)C(=O)N[C@@H](CCCN=C(N)N)C(=O)N[C@@H](CCC(N)=O)C(=O)O. The summed E-state index contributed by atoms with van der Waals surface area (Å²) in [6.45, 7) is 0.227. The van der Waals surface area contributed by atoms with E-state index in [1.165, 1.54) is 11.8 Å². The van der Waals surface area contributed by atoms with Gasteiger partial charge in [0.05, 0.1) is 6.04 Å². The largest absolute Gasteiger partial charge is 0.480 e. The summed E-state index contributed by atoms with van der Waals surface area (Å²) in [6, 6.07) is -3.16. The summed E-state index contributed by atoms with van der Waals surface area (Å²) in [5.41, 5.74) is 21.3. The molecule has 0 spiro atoms. The van der Waals surface area contributed by atoms with Crippen molar-refractivity contribution in [1.29, 1.82) is 0 Å². The van der Waals surface area contributed by atoms with Gasteiger partial charge in [-0.1, -0.05) is 0 Å². The number of carboxylic acid groups (broad SMARTS) is 1. The number of aliphatic carboxylic acids is 1. The van der Waals surface area contributed by atoms with Crippen molar-refractivity contribution in [2.45, 2.75) is 50.2 Å². The smallest absolute Gasteiger partial charge is 0.326 e. The minimum Gasteiger partial charge on any atom is -0.480 e. The van der Waals surface area contributed by atoms with Crippen molar-refractivity contribution in [3.63, 3.8) is 0 Å². The molecule has 0 rings (SSSR count). The quantitative estimate of drug-likeness (QED) is 0.0816. The fraction of sp³-hybridized carbons (Fsp3) is 0.688. The van der Waals surface area contributed by atoms with Crippen molar-refractivity contribution >= 4 is 41.4 Å². The number of amides is 3. The fourth-order valence-corrected chi connectivity index (χ4v) is 2.73. The van der Waals surface area contributed by atoms with E-state index in [1.54, 1.807) is 0 Å². The molecule has 0 fully saturated rings. The Kier molecular flexibility index (Phi) is 13.2. The van der Waals surface area contributed by atoms with Gasteiger partial charge in [-0.05, 0) is 37.7 Å². The lowest BCUT2D eigenvalue weighted by Gasteiger charge is -2.22. The van der Waals surface area contributed by atoms with Crippen LogP contribution in [0.5, 0.6) is 0 Å². The van der Waals surface area contributed by atoms with E-state index in [4.69, 9.17) is 22.9 Å². The molecule has 0 heterocycles. The minimum atomic E-state index is -1.32. The third kappa shape index (κ3) is 12.5. The first-order valence-corrected chi connectivity index (χ1v) is 10.4. The van der Waals surface area contributed by atoms with Crippen molar-refractivity contribution in [2.24, 2.45) is 27.9 Å². The maximum Gasteiger partial charge on any atom is 0.326 e. The van der Waals surface area contributed by atoms with Gasteiger partial charge in [-0.3, -0.25) is 19.4 Å². The highest BCUT2D eigenvalue weighted by Crippen LogP contribution is 2.05. The predicted octanol–water partition coefficient (Wildman–Crippen LogP) is -2.56. The van der Waals surface area contributed by atoms with Gasteiger partial charge in [0.2, 0.25) is 17.7 Å². The second-order valence-electron chi connectivity index (χ2n) is 6.30. The molecule has 0 unspecified atom stereocenters. The molecule has 0 saturated carbocycles. The zero-order chi connectivity index (χ0) is 22.4. The van der Waals surface area contributed by atoms with Crippen LogP contribution in [0.4, 0.5) is 0 Å². The molecule has 0 aromatic heterocycles. The van der Waals surface area contributed by atoms with E-state index >= 15 is 0 Å². The van der Waals surface area contributed by atoms with E-state index in [2.05, 4.69) is 15.6 Å². The number of nitrogens with zero attached hydrogens (tertiary/aromatic N) is 1. The van der Waals surface area contributed by atoms with Gasteiger partial charge in [0, 0.05) is 13.0 Å². The Morgan fingerprint density at radius 1 is 1.00 bits per heavy atom. The molecular formula is C16H31N7O5S. The number of carboxylic acids is 1. The molecule has 3 amide bonds. The molecule has 0 bridgehead atoms. The minimum absolute atomic E-state index is 0.105. The molecule has 0 aliphatic rings. The molecule has 166 valence electrons. The Bertz CT molecular complexity index is 598. The number of thioether (sulfide) groups is 1. The highest BCUT2D eigenvalue weighted by molar-refractivity contribution is 7.98. The lowest BCUT2D eigenvalue weighted by Crippen LogP contribution is -2.54. The number of nitrogens with one attached hydrogen (secondary N) is 2. The average molecular weight is 434 g/mol. The van der Waals surface area contributed by atoms with Gasteiger partial charge in [-0.15, -0.1) is 0 Å². The Hall–Kier alpha value is -2.54. The first-order valence-electron chi connectivity index (χ1n) is 9.00. The van der Waals surface area contributed by atoms with E-state index < -0.39 is 41.8 Å². The predicted molar refractivity (Wildman–Crippen MR) is 111 cm³/mol. The standard InChI is InChI=1S/C16H31N7O5S/c1-29-8-6-9(17)13(25)22-10(3-2-7-21-16(19)20)14(26)23-11(15(27)28)4-5-12(18)24/h9-11H,2-8,17H2,1H3,(H2,18,24)(H,22,25)(H,23,26)(H,27,28)(H4,19,20,21)/t9-,10-,11-/m0/s1. The van der Waals surface area contributed by atoms with Crippen LogP contribution in [0.3, 0.4) is 0 Å². The molecule has 11 N–H and O–H groups in total. The first-order chi connectivity index (χ1) is 13.6. The Balaban J connectivity index is 5.09. The van der Waals surface area contributed by atoms with E-state index in [0.717, 1.165) is 0 Å². The van der Waals surface area contributed by atoms with Crippen LogP contribution in [0.2, 0.25) is 0 Å². The maximum atomic E-state index is 12.6. The van der Waals surface area contributed by atoms with E-state index in [0.29, 0.717) is 18.6 Å². The number of carbonyl (C=O) groups is 4. The Morgan fingerprint density at radius 3 is 2.14 bits per heavy atom. The molecule has 0 aliphatic carbocycles. The van der Waals surface area contributed by atoms with Crippen LogP contribution in [0.1, 0.15) is 32.1 Å². The molecule has 3 atom stereocenters. The molecule has 0 aromatic rings. The van der Waals surface area contributed by atoms with Crippen LogP contribution in [-0.4, -0.2) is 71.4 Å². The highest BCUT2D eigenvalue weighted by Gasteiger charge is 2.27. The molecule has 0 aliphatic heterocycles. The second-order valence-corrected chi connectivity index (χ2v) is 7.29.